The quantitative estimate of drug-likeness (QED) is 0.258. The van der Waals surface area contributed by atoms with Gasteiger partial charge < -0.3 is 15.8 Å². The number of aromatic nitrogens is 3. The fraction of sp³-hybridized carbons (Fsp3) is 0.0714. The summed E-state index contributed by atoms with van der Waals surface area (Å²) in [6, 6.07) is 21.1. The van der Waals surface area contributed by atoms with Gasteiger partial charge in [-0.1, -0.05) is 36.9 Å². The van der Waals surface area contributed by atoms with Crippen LogP contribution >= 0.6 is 11.3 Å². The van der Waals surface area contributed by atoms with E-state index in [0.717, 1.165) is 37.5 Å². The largest absolute Gasteiger partial charge is 0.439 e. The Morgan fingerprint density at radius 3 is 2.42 bits per heavy atom. The maximum absolute atomic E-state index is 12.0. The van der Waals surface area contributed by atoms with Crippen LogP contribution in [0.25, 0.3) is 31.8 Å². The Morgan fingerprint density at radius 2 is 1.72 bits per heavy atom. The fourth-order valence-corrected chi connectivity index (χ4v) is 4.94. The van der Waals surface area contributed by atoms with Gasteiger partial charge in [-0.15, -0.1) is 11.3 Å². The zero-order valence-corrected chi connectivity index (χ0v) is 20.6. The van der Waals surface area contributed by atoms with Crippen LogP contribution in [0.1, 0.15) is 12.6 Å². The predicted octanol–water partition coefficient (Wildman–Crippen LogP) is 6.62. The van der Waals surface area contributed by atoms with E-state index in [4.69, 9.17) is 10.5 Å². The Labute approximate surface area is 212 Å². The molecule has 178 valence electrons. The van der Waals surface area contributed by atoms with Crippen molar-refractivity contribution in [2.45, 2.75) is 13.8 Å². The van der Waals surface area contributed by atoms with Gasteiger partial charge in [0.25, 0.3) is 5.91 Å². The lowest BCUT2D eigenvalue weighted by Crippen LogP contribution is -2.11. The highest BCUT2D eigenvalue weighted by molar-refractivity contribution is 7.22. The van der Waals surface area contributed by atoms with E-state index in [-0.39, 0.29) is 5.91 Å². The third-order valence-electron chi connectivity index (χ3n) is 5.54. The second-order valence-corrected chi connectivity index (χ2v) is 9.30. The molecule has 3 heterocycles. The molecule has 0 fully saturated rings. The number of ether oxygens (including phenoxy) is 1. The molecule has 0 bridgehead atoms. The van der Waals surface area contributed by atoms with Crippen molar-refractivity contribution in [1.29, 1.82) is 0 Å². The van der Waals surface area contributed by atoms with Crippen LogP contribution in [0.5, 0.6) is 11.6 Å². The van der Waals surface area contributed by atoms with E-state index in [2.05, 4.69) is 26.8 Å². The lowest BCUT2D eigenvalue weighted by atomic mass is 9.99. The van der Waals surface area contributed by atoms with Crippen molar-refractivity contribution in [3.05, 3.63) is 90.9 Å². The summed E-state index contributed by atoms with van der Waals surface area (Å²) in [5.41, 5.74) is 11.2. The van der Waals surface area contributed by atoms with Gasteiger partial charge in [-0.3, -0.25) is 4.79 Å². The average molecular weight is 494 g/mol. The molecule has 2 aromatic carbocycles. The van der Waals surface area contributed by atoms with Crippen molar-refractivity contribution >= 4 is 39.0 Å². The number of nitrogens with two attached hydrogens (primary N) is 1. The molecule has 0 unspecified atom stereocenters. The third-order valence-corrected chi connectivity index (χ3v) is 6.69. The van der Waals surface area contributed by atoms with Gasteiger partial charge in [-0.25, -0.2) is 15.0 Å². The summed E-state index contributed by atoms with van der Waals surface area (Å²) in [5.74, 6) is 1.43. The summed E-state index contributed by atoms with van der Waals surface area (Å²) < 4.78 is 5.92. The second kappa shape index (κ2) is 9.59. The molecular formula is C28H23N5O2S. The summed E-state index contributed by atoms with van der Waals surface area (Å²) in [4.78, 5) is 26.9. The zero-order chi connectivity index (χ0) is 25.2. The molecule has 36 heavy (non-hydrogen) atoms. The first-order chi connectivity index (χ1) is 17.4. The lowest BCUT2D eigenvalue weighted by molar-refractivity contribution is -0.112. The molecule has 0 spiro atoms. The number of fused-ring (bicyclic) bond motifs is 1. The first-order valence-corrected chi connectivity index (χ1v) is 12.0. The van der Waals surface area contributed by atoms with E-state index in [9.17, 15) is 4.79 Å². The number of thiophene rings is 1. The Balaban J connectivity index is 1.53. The molecule has 5 aromatic rings. The van der Waals surface area contributed by atoms with Gasteiger partial charge in [0.05, 0.1) is 5.39 Å². The molecule has 0 aliphatic heterocycles. The van der Waals surface area contributed by atoms with Gasteiger partial charge >= 0.3 is 0 Å². The van der Waals surface area contributed by atoms with Crippen LogP contribution in [0.2, 0.25) is 0 Å². The number of carbonyl (C=O) groups excluding carboxylic acids is 1. The van der Waals surface area contributed by atoms with E-state index in [0.29, 0.717) is 28.7 Å². The minimum absolute atomic E-state index is 0.212. The number of amides is 1. The number of aryl methyl sites for hydroxylation is 1. The topological polar surface area (TPSA) is 103 Å². The molecule has 3 N–H and O–H groups in total. The van der Waals surface area contributed by atoms with Crippen LogP contribution in [-0.4, -0.2) is 20.9 Å². The van der Waals surface area contributed by atoms with Crippen molar-refractivity contribution in [2.24, 2.45) is 0 Å². The first kappa shape index (κ1) is 23.2. The normalized spacial score (nSPS) is 10.8. The van der Waals surface area contributed by atoms with Crippen LogP contribution < -0.4 is 15.8 Å². The SMILES string of the molecule is C=C(C)C(=O)Nc1ccc(-c2sc3ncnc(N)c3c2-c2ccc(Oc3cccc(C)n3)cc2)cc1. The number of nitrogens with one attached hydrogen (secondary N) is 1. The minimum atomic E-state index is -0.212. The minimum Gasteiger partial charge on any atom is -0.439 e. The van der Waals surface area contributed by atoms with Crippen molar-refractivity contribution in [3.63, 3.8) is 0 Å². The summed E-state index contributed by atoms with van der Waals surface area (Å²) >= 11 is 1.55. The Hall–Kier alpha value is -4.56. The monoisotopic (exact) mass is 493 g/mol. The Bertz CT molecular complexity index is 1590. The maximum Gasteiger partial charge on any atom is 0.250 e. The molecule has 0 aliphatic carbocycles. The average Bonchev–Trinajstić information content (AvgIpc) is 3.26. The first-order valence-electron chi connectivity index (χ1n) is 11.2. The number of carbonyl (C=O) groups is 1. The summed E-state index contributed by atoms with van der Waals surface area (Å²) in [6.45, 7) is 7.28. The van der Waals surface area contributed by atoms with Crippen molar-refractivity contribution in [1.82, 2.24) is 15.0 Å². The fourth-order valence-electron chi connectivity index (χ4n) is 3.76. The van der Waals surface area contributed by atoms with Gasteiger partial charge in [0, 0.05) is 33.5 Å². The highest BCUT2D eigenvalue weighted by Gasteiger charge is 2.19. The van der Waals surface area contributed by atoms with Gasteiger partial charge in [0.15, 0.2) is 0 Å². The number of hydrogen-bond acceptors (Lipinski definition) is 7. The lowest BCUT2D eigenvalue weighted by Gasteiger charge is -2.10. The molecule has 8 heteroatoms. The highest BCUT2D eigenvalue weighted by Crippen LogP contribution is 2.46. The molecule has 7 nitrogen and oxygen atoms in total. The summed E-state index contributed by atoms with van der Waals surface area (Å²) in [7, 11) is 0. The van der Waals surface area contributed by atoms with Crippen LogP contribution in [0.15, 0.2) is 85.2 Å². The molecular weight excluding hydrogens is 470 g/mol. The standard InChI is InChI=1S/C28H23N5O2S/c1-16(2)27(34)33-20-11-7-19(8-12-20)25-23(24-26(29)30-15-31-28(24)36-25)18-9-13-21(14-10-18)35-22-6-4-5-17(3)32-22/h4-15H,1H2,2-3H3,(H,33,34)(H2,29,30,31). The number of anilines is 2. The third kappa shape index (κ3) is 4.67. The number of benzene rings is 2. The molecule has 0 aliphatic rings. The van der Waals surface area contributed by atoms with Crippen molar-refractivity contribution in [2.75, 3.05) is 11.1 Å². The van der Waals surface area contributed by atoms with E-state index in [1.54, 1.807) is 18.3 Å². The maximum atomic E-state index is 12.0. The van der Waals surface area contributed by atoms with Gasteiger partial charge in [0.1, 0.15) is 22.7 Å². The zero-order valence-electron chi connectivity index (χ0n) is 19.8. The number of rotatable bonds is 6. The summed E-state index contributed by atoms with van der Waals surface area (Å²) in [6.07, 6.45) is 1.48. The number of pyridine rings is 1. The molecule has 1 amide bonds. The number of nitrogen functional groups attached to an aromatic ring is 1. The van der Waals surface area contributed by atoms with Gasteiger partial charge in [0.2, 0.25) is 5.88 Å². The molecule has 5 rings (SSSR count). The predicted molar refractivity (Wildman–Crippen MR) is 145 cm³/mol. The second-order valence-electron chi connectivity index (χ2n) is 8.30. The summed E-state index contributed by atoms with van der Waals surface area (Å²) in [5, 5.41) is 3.65. The highest BCUT2D eigenvalue weighted by atomic mass is 32.1. The van der Waals surface area contributed by atoms with E-state index in [1.165, 1.54) is 6.33 Å². The van der Waals surface area contributed by atoms with Crippen molar-refractivity contribution in [3.8, 4) is 33.2 Å². The smallest absolute Gasteiger partial charge is 0.250 e. The van der Waals surface area contributed by atoms with Gasteiger partial charge in [-0.2, -0.15) is 0 Å². The van der Waals surface area contributed by atoms with Crippen LogP contribution in [-0.2, 0) is 4.79 Å². The molecule has 0 saturated carbocycles. The molecule has 3 aromatic heterocycles. The van der Waals surface area contributed by atoms with Crippen LogP contribution in [0.4, 0.5) is 11.5 Å². The number of hydrogen-bond donors (Lipinski definition) is 2. The van der Waals surface area contributed by atoms with Gasteiger partial charge in [-0.05, 0) is 55.3 Å². The van der Waals surface area contributed by atoms with Crippen LogP contribution in [0.3, 0.4) is 0 Å². The Kier molecular flexibility index (Phi) is 6.18. The van der Waals surface area contributed by atoms with E-state index < -0.39 is 0 Å². The molecule has 0 atom stereocenters. The molecule has 0 saturated heterocycles. The van der Waals surface area contributed by atoms with E-state index >= 15 is 0 Å². The van der Waals surface area contributed by atoms with E-state index in [1.807, 2.05) is 73.7 Å². The Morgan fingerprint density at radius 1 is 1.00 bits per heavy atom. The molecule has 0 radical (unpaired) electrons. The number of nitrogens with zero attached hydrogens (tertiary/aromatic N) is 3. The van der Waals surface area contributed by atoms with Crippen molar-refractivity contribution < 1.29 is 9.53 Å². The van der Waals surface area contributed by atoms with Crippen LogP contribution in [0, 0.1) is 6.92 Å².